The van der Waals surface area contributed by atoms with Crippen molar-refractivity contribution in [3.63, 3.8) is 0 Å². The van der Waals surface area contributed by atoms with E-state index in [4.69, 9.17) is 4.74 Å². The molecule has 0 aliphatic carbocycles. The van der Waals surface area contributed by atoms with Gasteiger partial charge in [0.1, 0.15) is 18.5 Å². The SMILES string of the molecule is CCCCCCCc1ccc(-c2ccc(OCC(F)CCCCCC)cn2)cc1. The summed E-state index contributed by atoms with van der Waals surface area (Å²) >= 11 is 0. The minimum atomic E-state index is -0.902. The van der Waals surface area contributed by atoms with E-state index in [0.717, 1.165) is 30.5 Å². The molecule has 0 spiro atoms. The molecule has 2 nitrogen and oxygen atoms in total. The number of aryl methyl sites for hydroxylation is 1. The second-order valence-corrected chi connectivity index (χ2v) is 8.00. The molecule has 0 radical (unpaired) electrons. The molecule has 1 aromatic heterocycles. The summed E-state index contributed by atoms with van der Waals surface area (Å²) in [7, 11) is 0. The molecule has 0 N–H and O–H groups in total. The Morgan fingerprint density at radius 3 is 2.17 bits per heavy atom. The predicted octanol–water partition coefficient (Wildman–Crippen LogP) is 7.95. The van der Waals surface area contributed by atoms with Gasteiger partial charge in [-0.1, -0.05) is 89.5 Å². The van der Waals surface area contributed by atoms with Crippen LogP contribution in [0.1, 0.15) is 83.6 Å². The van der Waals surface area contributed by atoms with Gasteiger partial charge in [-0.3, -0.25) is 4.98 Å². The molecule has 0 amide bonds. The third-order valence-electron chi connectivity index (χ3n) is 5.36. The molecule has 160 valence electrons. The van der Waals surface area contributed by atoms with Crippen LogP contribution in [0.15, 0.2) is 42.6 Å². The molecule has 1 heterocycles. The molecule has 0 fully saturated rings. The molecule has 1 atom stereocenters. The minimum absolute atomic E-state index is 0.111. The lowest BCUT2D eigenvalue weighted by Crippen LogP contribution is -2.12. The topological polar surface area (TPSA) is 22.1 Å². The Hall–Kier alpha value is -1.90. The summed E-state index contributed by atoms with van der Waals surface area (Å²) in [6.45, 7) is 4.52. The van der Waals surface area contributed by atoms with Crippen LogP contribution in [0, 0.1) is 0 Å². The number of pyridine rings is 1. The molecule has 0 aliphatic rings. The van der Waals surface area contributed by atoms with Gasteiger partial charge in [-0.2, -0.15) is 0 Å². The predicted molar refractivity (Wildman–Crippen MR) is 121 cm³/mol. The van der Waals surface area contributed by atoms with Gasteiger partial charge in [0.2, 0.25) is 0 Å². The molecule has 29 heavy (non-hydrogen) atoms. The van der Waals surface area contributed by atoms with Crippen molar-refractivity contribution in [1.29, 1.82) is 0 Å². The van der Waals surface area contributed by atoms with Crippen molar-refractivity contribution in [3.05, 3.63) is 48.2 Å². The number of alkyl halides is 1. The molecule has 3 heteroatoms. The fourth-order valence-electron chi connectivity index (χ4n) is 3.47. The average molecular weight is 400 g/mol. The Balaban J connectivity index is 1.74. The van der Waals surface area contributed by atoms with Crippen molar-refractivity contribution in [2.75, 3.05) is 6.61 Å². The number of aromatic nitrogens is 1. The van der Waals surface area contributed by atoms with Crippen LogP contribution >= 0.6 is 0 Å². The number of rotatable bonds is 15. The highest BCUT2D eigenvalue weighted by molar-refractivity contribution is 5.59. The zero-order chi connectivity index (χ0) is 20.7. The van der Waals surface area contributed by atoms with Crippen molar-refractivity contribution < 1.29 is 9.13 Å². The van der Waals surface area contributed by atoms with Gasteiger partial charge in [-0.25, -0.2) is 4.39 Å². The van der Waals surface area contributed by atoms with E-state index in [1.165, 1.54) is 50.5 Å². The zero-order valence-corrected chi connectivity index (χ0v) is 18.3. The van der Waals surface area contributed by atoms with E-state index in [1.807, 2.05) is 12.1 Å². The normalized spacial score (nSPS) is 12.1. The molecule has 1 aromatic carbocycles. The third kappa shape index (κ3) is 9.43. The van der Waals surface area contributed by atoms with Gasteiger partial charge in [0.15, 0.2) is 0 Å². The van der Waals surface area contributed by atoms with Crippen LogP contribution in [-0.2, 0) is 6.42 Å². The lowest BCUT2D eigenvalue weighted by atomic mass is 10.0. The Morgan fingerprint density at radius 2 is 1.52 bits per heavy atom. The Kier molecular flexibility index (Phi) is 11.4. The standard InChI is InChI=1S/C26H38FNO/c1-3-5-7-9-10-12-22-14-16-23(17-15-22)26-19-18-25(20-28-26)29-21-24(27)13-11-8-6-4-2/h14-20,24H,3-13,21H2,1-2H3. The van der Waals surface area contributed by atoms with Gasteiger partial charge in [-0.15, -0.1) is 0 Å². The molecular weight excluding hydrogens is 361 g/mol. The molecule has 0 aliphatic heterocycles. The van der Waals surface area contributed by atoms with Crippen molar-refractivity contribution in [3.8, 4) is 17.0 Å². The number of hydrogen-bond acceptors (Lipinski definition) is 2. The van der Waals surface area contributed by atoms with Crippen LogP contribution in [0.3, 0.4) is 0 Å². The number of nitrogens with zero attached hydrogens (tertiary/aromatic N) is 1. The summed E-state index contributed by atoms with van der Waals surface area (Å²) in [6.07, 6.45) is 13.5. The fourth-order valence-corrected chi connectivity index (χ4v) is 3.47. The highest BCUT2D eigenvalue weighted by Crippen LogP contribution is 2.21. The van der Waals surface area contributed by atoms with E-state index in [-0.39, 0.29) is 6.61 Å². The van der Waals surface area contributed by atoms with Gasteiger partial charge >= 0.3 is 0 Å². The first-order valence-corrected chi connectivity index (χ1v) is 11.5. The highest BCUT2D eigenvalue weighted by Gasteiger charge is 2.08. The van der Waals surface area contributed by atoms with Gasteiger partial charge < -0.3 is 4.74 Å². The van der Waals surface area contributed by atoms with Crippen LogP contribution in [0.2, 0.25) is 0 Å². The number of benzene rings is 1. The summed E-state index contributed by atoms with van der Waals surface area (Å²) < 4.78 is 19.5. The van der Waals surface area contributed by atoms with Gasteiger partial charge in [0.25, 0.3) is 0 Å². The van der Waals surface area contributed by atoms with E-state index >= 15 is 0 Å². The molecule has 0 saturated carbocycles. The van der Waals surface area contributed by atoms with Crippen molar-refractivity contribution in [2.24, 2.45) is 0 Å². The van der Waals surface area contributed by atoms with Gasteiger partial charge in [0, 0.05) is 5.56 Å². The van der Waals surface area contributed by atoms with E-state index < -0.39 is 6.17 Å². The van der Waals surface area contributed by atoms with E-state index in [0.29, 0.717) is 12.2 Å². The minimum Gasteiger partial charge on any atom is -0.489 e. The molecule has 2 rings (SSSR count). The monoisotopic (exact) mass is 399 g/mol. The van der Waals surface area contributed by atoms with E-state index in [9.17, 15) is 4.39 Å². The summed E-state index contributed by atoms with van der Waals surface area (Å²) in [5.41, 5.74) is 3.41. The lowest BCUT2D eigenvalue weighted by molar-refractivity contribution is 0.183. The maximum atomic E-state index is 13.9. The van der Waals surface area contributed by atoms with Crippen molar-refractivity contribution in [1.82, 2.24) is 4.98 Å². The summed E-state index contributed by atoms with van der Waals surface area (Å²) in [5.74, 6) is 0.633. The van der Waals surface area contributed by atoms with Crippen LogP contribution < -0.4 is 4.74 Å². The van der Waals surface area contributed by atoms with Crippen molar-refractivity contribution in [2.45, 2.75) is 90.6 Å². The zero-order valence-electron chi connectivity index (χ0n) is 18.3. The summed E-state index contributed by atoms with van der Waals surface area (Å²) in [5, 5.41) is 0. The molecular formula is C26H38FNO. The Morgan fingerprint density at radius 1 is 0.828 bits per heavy atom. The maximum absolute atomic E-state index is 13.9. The third-order valence-corrected chi connectivity index (χ3v) is 5.36. The van der Waals surface area contributed by atoms with Crippen molar-refractivity contribution >= 4 is 0 Å². The number of unbranched alkanes of at least 4 members (excludes halogenated alkanes) is 7. The number of hydrogen-bond donors (Lipinski definition) is 0. The summed E-state index contributed by atoms with van der Waals surface area (Å²) in [6, 6.07) is 12.5. The van der Waals surface area contributed by atoms with E-state index in [1.54, 1.807) is 6.20 Å². The quantitative estimate of drug-likeness (QED) is 0.283. The van der Waals surface area contributed by atoms with Crippen LogP contribution in [0.5, 0.6) is 5.75 Å². The van der Waals surface area contributed by atoms with E-state index in [2.05, 4.69) is 43.1 Å². The Bertz CT molecular complexity index is 653. The first-order valence-electron chi connectivity index (χ1n) is 11.5. The molecule has 1 unspecified atom stereocenters. The smallest absolute Gasteiger partial charge is 0.137 e. The fraction of sp³-hybridized carbons (Fsp3) is 0.577. The lowest BCUT2D eigenvalue weighted by Gasteiger charge is -2.11. The second-order valence-electron chi connectivity index (χ2n) is 8.00. The van der Waals surface area contributed by atoms with Crippen LogP contribution in [0.25, 0.3) is 11.3 Å². The first-order chi connectivity index (χ1) is 14.2. The first kappa shape index (κ1) is 23.4. The molecule has 2 aromatic rings. The number of ether oxygens (including phenoxy) is 1. The van der Waals surface area contributed by atoms with Gasteiger partial charge in [0.05, 0.1) is 11.9 Å². The largest absolute Gasteiger partial charge is 0.489 e. The summed E-state index contributed by atoms with van der Waals surface area (Å²) in [4.78, 5) is 4.49. The average Bonchev–Trinajstić information content (AvgIpc) is 2.76. The van der Waals surface area contributed by atoms with Crippen LogP contribution in [-0.4, -0.2) is 17.8 Å². The molecule has 0 bridgehead atoms. The maximum Gasteiger partial charge on any atom is 0.137 e. The number of halogens is 1. The highest BCUT2D eigenvalue weighted by atomic mass is 19.1. The van der Waals surface area contributed by atoms with Crippen LogP contribution in [0.4, 0.5) is 4.39 Å². The Labute approximate surface area is 176 Å². The van der Waals surface area contributed by atoms with Gasteiger partial charge in [-0.05, 0) is 37.0 Å². The molecule has 0 saturated heterocycles. The second kappa shape index (κ2) is 14.1.